The van der Waals surface area contributed by atoms with Crippen LogP contribution in [0.15, 0.2) is 24.3 Å². The average molecular weight is 269 g/mol. The molecular formula is C14H17ClO3. The van der Waals surface area contributed by atoms with Gasteiger partial charge in [0.1, 0.15) is 5.92 Å². The van der Waals surface area contributed by atoms with Crippen molar-refractivity contribution in [1.82, 2.24) is 0 Å². The van der Waals surface area contributed by atoms with Gasteiger partial charge in [0, 0.05) is 10.6 Å². The molecule has 1 rings (SSSR count). The molecule has 0 N–H and O–H groups in total. The monoisotopic (exact) mass is 268 g/mol. The molecule has 0 amide bonds. The van der Waals surface area contributed by atoms with Crippen molar-refractivity contribution in [3.8, 4) is 0 Å². The van der Waals surface area contributed by atoms with Crippen molar-refractivity contribution < 1.29 is 14.3 Å². The van der Waals surface area contributed by atoms with Gasteiger partial charge in [-0.3, -0.25) is 9.59 Å². The smallest absolute Gasteiger partial charge is 0.316 e. The lowest BCUT2D eigenvalue weighted by atomic mass is 9.93. The third-order valence-electron chi connectivity index (χ3n) is 2.59. The Balaban J connectivity index is 2.88. The highest BCUT2D eigenvalue weighted by atomic mass is 35.5. The number of ether oxygens (including phenoxy) is 1. The molecule has 0 bridgehead atoms. The second kappa shape index (κ2) is 7.17. The fourth-order valence-electron chi connectivity index (χ4n) is 1.70. The van der Waals surface area contributed by atoms with Crippen molar-refractivity contribution in [1.29, 1.82) is 0 Å². The van der Waals surface area contributed by atoms with E-state index in [-0.39, 0.29) is 12.4 Å². The largest absolute Gasteiger partial charge is 0.465 e. The van der Waals surface area contributed by atoms with Crippen LogP contribution in [0.3, 0.4) is 0 Å². The lowest BCUT2D eigenvalue weighted by Gasteiger charge is -2.13. The van der Waals surface area contributed by atoms with Gasteiger partial charge in [-0.15, -0.1) is 0 Å². The van der Waals surface area contributed by atoms with Gasteiger partial charge in [-0.1, -0.05) is 24.9 Å². The summed E-state index contributed by atoms with van der Waals surface area (Å²) in [6, 6.07) is 6.55. The summed E-state index contributed by atoms with van der Waals surface area (Å²) >= 11 is 5.77. The number of halogens is 1. The number of esters is 1. The third kappa shape index (κ3) is 3.84. The molecule has 4 heteroatoms. The van der Waals surface area contributed by atoms with Gasteiger partial charge in [-0.05, 0) is 37.6 Å². The summed E-state index contributed by atoms with van der Waals surface area (Å²) in [5, 5.41) is 0.565. The Labute approximate surface area is 112 Å². The highest BCUT2D eigenvalue weighted by Crippen LogP contribution is 2.18. The molecule has 0 heterocycles. The topological polar surface area (TPSA) is 43.4 Å². The molecule has 1 atom stereocenters. The fourth-order valence-corrected chi connectivity index (χ4v) is 1.83. The summed E-state index contributed by atoms with van der Waals surface area (Å²) < 4.78 is 4.94. The Hall–Kier alpha value is -1.35. The van der Waals surface area contributed by atoms with Crippen LogP contribution < -0.4 is 0 Å². The number of ketones is 1. The zero-order valence-electron chi connectivity index (χ0n) is 10.6. The van der Waals surface area contributed by atoms with Crippen LogP contribution in [0.25, 0.3) is 0 Å². The molecule has 0 radical (unpaired) electrons. The van der Waals surface area contributed by atoms with Gasteiger partial charge in [-0.2, -0.15) is 0 Å². The molecule has 0 aliphatic carbocycles. The van der Waals surface area contributed by atoms with Crippen LogP contribution >= 0.6 is 11.6 Å². The van der Waals surface area contributed by atoms with E-state index in [4.69, 9.17) is 16.3 Å². The number of hydrogen-bond donors (Lipinski definition) is 0. The van der Waals surface area contributed by atoms with Gasteiger partial charge in [0.15, 0.2) is 5.78 Å². The minimum atomic E-state index is -0.712. The fraction of sp³-hybridized carbons (Fsp3) is 0.429. The lowest BCUT2D eigenvalue weighted by Crippen LogP contribution is -2.26. The molecule has 1 unspecified atom stereocenters. The summed E-state index contributed by atoms with van der Waals surface area (Å²) in [4.78, 5) is 24.0. The first kappa shape index (κ1) is 14.7. The first-order valence-electron chi connectivity index (χ1n) is 6.06. The number of benzene rings is 1. The summed E-state index contributed by atoms with van der Waals surface area (Å²) in [5.74, 6) is -1.36. The molecular weight excluding hydrogens is 252 g/mol. The predicted molar refractivity (Wildman–Crippen MR) is 70.8 cm³/mol. The van der Waals surface area contributed by atoms with E-state index >= 15 is 0 Å². The number of Topliss-reactive ketones (excluding diaryl/α,β-unsaturated/α-hetero) is 1. The minimum absolute atomic E-state index is 0.202. The molecule has 0 saturated heterocycles. The molecule has 0 aromatic heterocycles. The van der Waals surface area contributed by atoms with E-state index in [1.165, 1.54) is 0 Å². The van der Waals surface area contributed by atoms with Crippen LogP contribution in [0.2, 0.25) is 5.02 Å². The van der Waals surface area contributed by atoms with Crippen molar-refractivity contribution in [3.63, 3.8) is 0 Å². The van der Waals surface area contributed by atoms with Crippen molar-refractivity contribution in [2.45, 2.75) is 26.7 Å². The van der Waals surface area contributed by atoms with Crippen LogP contribution in [0.1, 0.15) is 37.0 Å². The molecule has 1 aromatic carbocycles. The van der Waals surface area contributed by atoms with Crippen molar-refractivity contribution in [2.24, 2.45) is 5.92 Å². The SMILES string of the molecule is CCCC(C(=O)OCC)C(=O)c1ccc(Cl)cc1. The zero-order valence-corrected chi connectivity index (χ0v) is 11.4. The molecule has 0 aliphatic rings. The maximum absolute atomic E-state index is 12.2. The van der Waals surface area contributed by atoms with Crippen LogP contribution in [0.5, 0.6) is 0 Å². The summed E-state index contributed by atoms with van der Waals surface area (Å²) in [6.45, 7) is 3.95. The highest BCUT2D eigenvalue weighted by Gasteiger charge is 2.27. The standard InChI is InChI=1S/C14H17ClO3/c1-3-5-12(14(17)18-4-2)13(16)10-6-8-11(15)9-7-10/h6-9,12H,3-5H2,1-2H3. The van der Waals surface area contributed by atoms with Crippen molar-refractivity contribution >= 4 is 23.4 Å². The van der Waals surface area contributed by atoms with Gasteiger partial charge < -0.3 is 4.74 Å². The zero-order chi connectivity index (χ0) is 13.5. The average Bonchev–Trinajstić information content (AvgIpc) is 2.36. The molecule has 3 nitrogen and oxygen atoms in total. The quantitative estimate of drug-likeness (QED) is 0.450. The van der Waals surface area contributed by atoms with Crippen LogP contribution in [0.4, 0.5) is 0 Å². The van der Waals surface area contributed by atoms with E-state index in [1.54, 1.807) is 31.2 Å². The normalized spacial score (nSPS) is 11.9. The Kier molecular flexibility index (Phi) is 5.86. The lowest BCUT2D eigenvalue weighted by molar-refractivity contribution is -0.146. The summed E-state index contributed by atoms with van der Waals surface area (Å²) in [5.41, 5.74) is 0.492. The van der Waals surface area contributed by atoms with Crippen LogP contribution in [0, 0.1) is 5.92 Å². The van der Waals surface area contributed by atoms with E-state index < -0.39 is 11.9 Å². The number of rotatable bonds is 6. The van der Waals surface area contributed by atoms with E-state index in [0.29, 0.717) is 17.0 Å². The molecule has 0 saturated carbocycles. The first-order chi connectivity index (χ1) is 8.60. The Morgan fingerprint density at radius 2 is 1.83 bits per heavy atom. The third-order valence-corrected chi connectivity index (χ3v) is 2.85. The van der Waals surface area contributed by atoms with Crippen LogP contribution in [-0.4, -0.2) is 18.4 Å². The molecule has 0 fully saturated rings. The Bertz CT molecular complexity index is 412. The first-order valence-corrected chi connectivity index (χ1v) is 6.44. The van der Waals surface area contributed by atoms with E-state index in [9.17, 15) is 9.59 Å². The number of carbonyl (C=O) groups excluding carboxylic acids is 2. The maximum atomic E-state index is 12.2. The second-order valence-electron chi connectivity index (χ2n) is 3.96. The predicted octanol–water partition coefficient (Wildman–Crippen LogP) is 3.50. The maximum Gasteiger partial charge on any atom is 0.316 e. The molecule has 0 spiro atoms. The highest BCUT2D eigenvalue weighted by molar-refractivity contribution is 6.30. The molecule has 98 valence electrons. The number of hydrogen-bond acceptors (Lipinski definition) is 3. The number of carbonyl (C=O) groups is 2. The molecule has 18 heavy (non-hydrogen) atoms. The van der Waals surface area contributed by atoms with Gasteiger partial charge in [-0.25, -0.2) is 0 Å². The van der Waals surface area contributed by atoms with Crippen molar-refractivity contribution in [2.75, 3.05) is 6.61 Å². The van der Waals surface area contributed by atoms with Gasteiger partial charge >= 0.3 is 5.97 Å². The minimum Gasteiger partial charge on any atom is -0.465 e. The van der Waals surface area contributed by atoms with E-state index in [1.807, 2.05) is 6.92 Å². The van der Waals surface area contributed by atoms with E-state index in [0.717, 1.165) is 6.42 Å². The van der Waals surface area contributed by atoms with E-state index in [2.05, 4.69) is 0 Å². The second-order valence-corrected chi connectivity index (χ2v) is 4.40. The molecule has 1 aromatic rings. The Morgan fingerprint density at radius 1 is 1.22 bits per heavy atom. The van der Waals surface area contributed by atoms with Gasteiger partial charge in [0.25, 0.3) is 0 Å². The molecule has 0 aliphatic heterocycles. The van der Waals surface area contributed by atoms with Gasteiger partial charge in [0.05, 0.1) is 6.61 Å². The van der Waals surface area contributed by atoms with Gasteiger partial charge in [0.2, 0.25) is 0 Å². The van der Waals surface area contributed by atoms with Crippen molar-refractivity contribution in [3.05, 3.63) is 34.9 Å². The Morgan fingerprint density at radius 3 is 2.33 bits per heavy atom. The van der Waals surface area contributed by atoms with Crippen LogP contribution in [-0.2, 0) is 9.53 Å². The summed E-state index contributed by atoms with van der Waals surface area (Å²) in [7, 11) is 0. The summed E-state index contributed by atoms with van der Waals surface area (Å²) in [6.07, 6.45) is 1.25.